The maximum absolute atomic E-state index is 11.7. The van der Waals surface area contributed by atoms with Crippen LogP contribution >= 0.6 is 22.6 Å². The van der Waals surface area contributed by atoms with Gasteiger partial charge in [-0.1, -0.05) is 35.4 Å². The zero-order valence-corrected chi connectivity index (χ0v) is 10.6. The summed E-state index contributed by atoms with van der Waals surface area (Å²) in [6, 6.07) is 0. The predicted molar refractivity (Wildman–Crippen MR) is 65.5 cm³/mol. The third-order valence-electron chi connectivity index (χ3n) is 3.57. The van der Waals surface area contributed by atoms with Gasteiger partial charge in [-0.05, 0) is 31.1 Å². The molecule has 2 aliphatic rings. The second-order valence-electron chi connectivity index (χ2n) is 4.47. The molecular weight excluding hydrogens is 289 g/mol. The van der Waals surface area contributed by atoms with Crippen molar-refractivity contribution >= 4 is 28.5 Å². The number of carbonyl (C=O) groups excluding carboxylic acids is 1. The van der Waals surface area contributed by atoms with Crippen molar-refractivity contribution in [1.82, 2.24) is 5.32 Å². The van der Waals surface area contributed by atoms with Gasteiger partial charge in [0.1, 0.15) is 0 Å². The SMILES string of the molecule is O=C(NCCCI)C1C2CCCCC21. The quantitative estimate of drug-likeness (QED) is 0.482. The molecule has 0 saturated heterocycles. The second kappa shape index (κ2) is 4.81. The van der Waals surface area contributed by atoms with E-state index in [1.807, 2.05) is 0 Å². The lowest BCUT2D eigenvalue weighted by Crippen LogP contribution is -2.27. The van der Waals surface area contributed by atoms with E-state index in [0.29, 0.717) is 11.8 Å². The fourth-order valence-electron chi connectivity index (χ4n) is 2.78. The van der Waals surface area contributed by atoms with Crippen molar-refractivity contribution in [2.45, 2.75) is 32.1 Å². The number of alkyl halides is 1. The van der Waals surface area contributed by atoms with Gasteiger partial charge in [-0.3, -0.25) is 4.79 Å². The number of hydrogen-bond donors (Lipinski definition) is 1. The van der Waals surface area contributed by atoms with E-state index in [2.05, 4.69) is 27.9 Å². The number of rotatable bonds is 4. The zero-order valence-electron chi connectivity index (χ0n) is 8.47. The lowest BCUT2D eigenvalue weighted by atomic mass is 10.0. The van der Waals surface area contributed by atoms with Crippen molar-refractivity contribution in [2.75, 3.05) is 11.0 Å². The minimum Gasteiger partial charge on any atom is -0.356 e. The first-order chi connectivity index (χ1) is 6.84. The van der Waals surface area contributed by atoms with Gasteiger partial charge < -0.3 is 5.32 Å². The van der Waals surface area contributed by atoms with Crippen LogP contribution in [-0.4, -0.2) is 16.9 Å². The van der Waals surface area contributed by atoms with E-state index < -0.39 is 0 Å². The van der Waals surface area contributed by atoms with E-state index in [1.54, 1.807) is 0 Å². The van der Waals surface area contributed by atoms with Crippen molar-refractivity contribution in [2.24, 2.45) is 17.8 Å². The average molecular weight is 307 g/mol. The summed E-state index contributed by atoms with van der Waals surface area (Å²) in [4.78, 5) is 11.7. The van der Waals surface area contributed by atoms with Crippen LogP contribution in [0.2, 0.25) is 0 Å². The molecule has 0 spiro atoms. The molecule has 2 aliphatic carbocycles. The number of fused-ring (bicyclic) bond motifs is 1. The molecule has 2 saturated carbocycles. The molecule has 2 atom stereocenters. The summed E-state index contributed by atoms with van der Waals surface area (Å²) >= 11 is 2.35. The topological polar surface area (TPSA) is 29.1 Å². The first-order valence-electron chi connectivity index (χ1n) is 5.68. The molecule has 0 aromatic rings. The summed E-state index contributed by atoms with van der Waals surface area (Å²) in [5, 5.41) is 3.06. The molecule has 1 amide bonds. The fourth-order valence-corrected chi connectivity index (χ4v) is 3.16. The molecule has 0 heterocycles. The molecule has 3 heteroatoms. The molecule has 2 unspecified atom stereocenters. The molecule has 14 heavy (non-hydrogen) atoms. The van der Waals surface area contributed by atoms with Gasteiger partial charge in [0.25, 0.3) is 0 Å². The van der Waals surface area contributed by atoms with E-state index in [-0.39, 0.29) is 0 Å². The van der Waals surface area contributed by atoms with Crippen molar-refractivity contribution in [3.63, 3.8) is 0 Å². The van der Waals surface area contributed by atoms with Crippen molar-refractivity contribution in [3.8, 4) is 0 Å². The first-order valence-corrected chi connectivity index (χ1v) is 7.21. The lowest BCUT2D eigenvalue weighted by molar-refractivity contribution is -0.122. The highest BCUT2D eigenvalue weighted by molar-refractivity contribution is 14.1. The lowest BCUT2D eigenvalue weighted by Gasteiger charge is -2.04. The van der Waals surface area contributed by atoms with Crippen LogP contribution < -0.4 is 5.32 Å². The molecule has 2 rings (SSSR count). The van der Waals surface area contributed by atoms with Crippen molar-refractivity contribution < 1.29 is 4.79 Å². The monoisotopic (exact) mass is 307 g/mol. The molecule has 0 radical (unpaired) electrons. The van der Waals surface area contributed by atoms with E-state index in [4.69, 9.17) is 0 Å². The third-order valence-corrected chi connectivity index (χ3v) is 4.33. The molecule has 2 nitrogen and oxygen atoms in total. The Hall–Kier alpha value is 0.200. The largest absolute Gasteiger partial charge is 0.356 e. The van der Waals surface area contributed by atoms with Gasteiger partial charge in [0.15, 0.2) is 0 Å². The van der Waals surface area contributed by atoms with E-state index in [9.17, 15) is 4.79 Å². The number of halogens is 1. The van der Waals surface area contributed by atoms with Crippen LogP contribution in [0.3, 0.4) is 0 Å². The van der Waals surface area contributed by atoms with Crippen LogP contribution in [0.5, 0.6) is 0 Å². The molecule has 2 fully saturated rings. The van der Waals surface area contributed by atoms with Crippen molar-refractivity contribution in [3.05, 3.63) is 0 Å². The fraction of sp³-hybridized carbons (Fsp3) is 0.909. The Kier molecular flexibility index (Phi) is 3.68. The van der Waals surface area contributed by atoms with E-state index in [1.165, 1.54) is 25.7 Å². The molecule has 0 aliphatic heterocycles. The third kappa shape index (κ3) is 2.23. The Morgan fingerprint density at radius 2 is 1.93 bits per heavy atom. The van der Waals surface area contributed by atoms with Gasteiger partial charge >= 0.3 is 0 Å². The summed E-state index contributed by atoms with van der Waals surface area (Å²) in [5.41, 5.74) is 0. The van der Waals surface area contributed by atoms with Crippen LogP contribution in [-0.2, 0) is 4.79 Å². The highest BCUT2D eigenvalue weighted by Crippen LogP contribution is 2.55. The molecule has 0 bridgehead atoms. The first kappa shape index (κ1) is 10.7. The van der Waals surface area contributed by atoms with Crippen LogP contribution in [0.1, 0.15) is 32.1 Å². The van der Waals surface area contributed by atoms with Gasteiger partial charge in [-0.2, -0.15) is 0 Å². The minimum atomic E-state index is 0.340. The van der Waals surface area contributed by atoms with E-state index >= 15 is 0 Å². The maximum atomic E-state index is 11.7. The minimum absolute atomic E-state index is 0.340. The van der Waals surface area contributed by atoms with Crippen molar-refractivity contribution in [1.29, 1.82) is 0 Å². The summed E-state index contributed by atoms with van der Waals surface area (Å²) in [6.45, 7) is 0.873. The average Bonchev–Trinajstić information content (AvgIpc) is 2.92. The molecule has 1 N–H and O–H groups in total. The van der Waals surface area contributed by atoms with Crippen LogP contribution in [0.25, 0.3) is 0 Å². The number of hydrogen-bond acceptors (Lipinski definition) is 1. The summed E-state index contributed by atoms with van der Waals surface area (Å²) in [5.74, 6) is 2.24. The van der Waals surface area contributed by atoms with Gasteiger partial charge in [0, 0.05) is 16.9 Å². The van der Waals surface area contributed by atoms with Gasteiger partial charge in [0.2, 0.25) is 5.91 Å². The van der Waals surface area contributed by atoms with Crippen LogP contribution in [0, 0.1) is 17.8 Å². The Morgan fingerprint density at radius 3 is 2.50 bits per heavy atom. The molecule has 0 aromatic carbocycles. The molecular formula is C11H18INO. The van der Waals surface area contributed by atoms with Gasteiger partial charge in [-0.15, -0.1) is 0 Å². The number of nitrogens with one attached hydrogen (secondary N) is 1. The highest BCUT2D eigenvalue weighted by atomic mass is 127. The van der Waals surface area contributed by atoms with E-state index in [0.717, 1.165) is 29.2 Å². The Bertz CT molecular complexity index is 207. The molecule has 80 valence electrons. The van der Waals surface area contributed by atoms with Crippen LogP contribution in [0.15, 0.2) is 0 Å². The van der Waals surface area contributed by atoms with Gasteiger partial charge in [0.05, 0.1) is 0 Å². The smallest absolute Gasteiger partial charge is 0.223 e. The Labute approximate surface area is 99.4 Å². The number of amides is 1. The zero-order chi connectivity index (χ0) is 9.97. The second-order valence-corrected chi connectivity index (χ2v) is 5.55. The van der Waals surface area contributed by atoms with Gasteiger partial charge in [-0.25, -0.2) is 0 Å². The Morgan fingerprint density at radius 1 is 1.29 bits per heavy atom. The molecule has 0 aromatic heterocycles. The standard InChI is InChI=1S/C11H18INO/c12-6-3-7-13-11(14)10-8-4-1-2-5-9(8)10/h8-10H,1-7H2,(H,13,14). The summed E-state index contributed by atoms with van der Waals surface area (Å²) < 4.78 is 1.13. The van der Waals surface area contributed by atoms with Crippen LogP contribution in [0.4, 0.5) is 0 Å². The number of carbonyl (C=O) groups is 1. The maximum Gasteiger partial charge on any atom is 0.223 e. The Balaban J connectivity index is 1.71. The highest BCUT2D eigenvalue weighted by Gasteiger charge is 2.54. The predicted octanol–water partition coefficient (Wildman–Crippen LogP) is 2.36. The summed E-state index contributed by atoms with van der Waals surface area (Å²) in [7, 11) is 0. The normalized spacial score (nSPS) is 34.8. The summed E-state index contributed by atoms with van der Waals surface area (Å²) in [6.07, 6.45) is 6.40.